The number of primary amides is 1. The maximum Gasteiger partial charge on any atom is 0.312 e. The largest absolute Gasteiger partial charge is 0.466 e. The molecule has 0 bridgehead atoms. The van der Waals surface area contributed by atoms with Crippen LogP contribution < -0.4 is 11.1 Å². The van der Waals surface area contributed by atoms with Crippen molar-refractivity contribution in [2.75, 3.05) is 13.2 Å². The predicted molar refractivity (Wildman–Crippen MR) is 88.2 cm³/mol. The first-order valence-electron chi connectivity index (χ1n) is 8.08. The number of amides is 2. The maximum absolute atomic E-state index is 13.8. The minimum Gasteiger partial charge on any atom is -0.466 e. The fourth-order valence-corrected chi connectivity index (χ4v) is 2.25. The van der Waals surface area contributed by atoms with Gasteiger partial charge < -0.3 is 20.5 Å². The summed E-state index contributed by atoms with van der Waals surface area (Å²) in [7, 11) is 0. The molecule has 0 fully saturated rings. The van der Waals surface area contributed by atoms with Crippen molar-refractivity contribution >= 4 is 23.8 Å². The van der Waals surface area contributed by atoms with Crippen LogP contribution in [0.25, 0.3) is 0 Å². The summed E-state index contributed by atoms with van der Waals surface area (Å²) < 4.78 is 36.3. The average Bonchev–Trinajstić information content (AvgIpc) is 2.57. The van der Waals surface area contributed by atoms with Crippen LogP contribution in [0.2, 0.25) is 0 Å². The van der Waals surface area contributed by atoms with Crippen molar-refractivity contribution in [2.24, 2.45) is 11.7 Å². The van der Waals surface area contributed by atoms with Gasteiger partial charge in [-0.25, -0.2) is 8.78 Å². The molecule has 8 nitrogen and oxygen atoms in total. The van der Waals surface area contributed by atoms with E-state index >= 15 is 0 Å². The molecule has 0 saturated heterocycles. The molecule has 1 aromatic carbocycles. The van der Waals surface area contributed by atoms with E-state index in [1.807, 2.05) is 0 Å². The van der Waals surface area contributed by atoms with E-state index in [1.165, 1.54) is 6.92 Å². The number of benzene rings is 1. The molecular weight excluding hydrogens is 366 g/mol. The summed E-state index contributed by atoms with van der Waals surface area (Å²) in [6.07, 6.45) is -0.591. The van der Waals surface area contributed by atoms with E-state index in [0.717, 1.165) is 12.1 Å². The summed E-state index contributed by atoms with van der Waals surface area (Å²) in [5.41, 5.74) is 4.67. The van der Waals surface area contributed by atoms with Crippen LogP contribution in [0.3, 0.4) is 0 Å². The molecule has 2 atom stereocenters. The Morgan fingerprint density at radius 3 is 2.26 bits per heavy atom. The number of carbonyl (C=O) groups excluding carboxylic acids is 4. The van der Waals surface area contributed by atoms with Gasteiger partial charge in [-0.1, -0.05) is 0 Å². The zero-order valence-corrected chi connectivity index (χ0v) is 14.8. The summed E-state index contributed by atoms with van der Waals surface area (Å²) in [5, 5.41) is 2.10. The number of nitrogens with one attached hydrogen (secondary N) is 1. The van der Waals surface area contributed by atoms with Crippen molar-refractivity contribution in [3.63, 3.8) is 0 Å². The quantitative estimate of drug-likeness (QED) is 0.602. The van der Waals surface area contributed by atoms with Gasteiger partial charge in [-0.05, 0) is 26.0 Å². The Morgan fingerprint density at radius 2 is 1.74 bits per heavy atom. The third-order valence-electron chi connectivity index (χ3n) is 3.45. The minimum atomic E-state index is -1.68. The minimum absolute atomic E-state index is 0.0305. The van der Waals surface area contributed by atoms with E-state index in [9.17, 15) is 28.0 Å². The van der Waals surface area contributed by atoms with Crippen LogP contribution in [0, 0.1) is 17.6 Å². The third-order valence-corrected chi connectivity index (χ3v) is 3.45. The smallest absolute Gasteiger partial charge is 0.312 e. The van der Waals surface area contributed by atoms with E-state index < -0.39 is 59.3 Å². The van der Waals surface area contributed by atoms with Crippen LogP contribution in [0.1, 0.15) is 30.6 Å². The second kappa shape index (κ2) is 10.2. The second-order valence-electron chi connectivity index (χ2n) is 5.35. The zero-order valence-electron chi connectivity index (χ0n) is 14.8. The lowest BCUT2D eigenvalue weighted by atomic mass is 9.95. The van der Waals surface area contributed by atoms with Gasteiger partial charge in [0.05, 0.1) is 31.1 Å². The van der Waals surface area contributed by atoms with Crippen molar-refractivity contribution < 1.29 is 37.4 Å². The molecule has 1 rings (SSSR count). The van der Waals surface area contributed by atoms with E-state index in [0.29, 0.717) is 6.07 Å². The van der Waals surface area contributed by atoms with Crippen molar-refractivity contribution in [3.05, 3.63) is 35.4 Å². The van der Waals surface area contributed by atoms with Gasteiger partial charge in [0.2, 0.25) is 5.91 Å². The first kappa shape index (κ1) is 22.0. The monoisotopic (exact) mass is 386 g/mol. The second-order valence-corrected chi connectivity index (χ2v) is 5.35. The molecule has 0 aliphatic rings. The highest BCUT2D eigenvalue weighted by Crippen LogP contribution is 2.16. The molecular formula is C17H20F2N2O6. The van der Waals surface area contributed by atoms with Crippen LogP contribution in [-0.2, 0) is 23.9 Å². The summed E-state index contributed by atoms with van der Waals surface area (Å²) in [6.45, 7) is 3.03. The van der Waals surface area contributed by atoms with Crippen LogP contribution in [0.5, 0.6) is 0 Å². The summed E-state index contributed by atoms with van der Waals surface area (Å²) in [6, 6.07) is 0.516. The van der Waals surface area contributed by atoms with Gasteiger partial charge in [0.1, 0.15) is 17.7 Å². The molecule has 0 radical (unpaired) electrons. The molecule has 1 aromatic rings. The van der Waals surface area contributed by atoms with Crippen LogP contribution >= 0.6 is 0 Å². The van der Waals surface area contributed by atoms with Gasteiger partial charge in [0.15, 0.2) is 0 Å². The molecule has 0 unspecified atom stereocenters. The molecule has 148 valence electrons. The molecule has 27 heavy (non-hydrogen) atoms. The van der Waals surface area contributed by atoms with Gasteiger partial charge in [-0.2, -0.15) is 0 Å². The molecule has 0 heterocycles. The summed E-state index contributed by atoms with van der Waals surface area (Å²) >= 11 is 0. The Labute approximate surface area is 154 Å². The molecule has 0 spiro atoms. The number of nitrogens with two attached hydrogens (primary N) is 1. The number of halogens is 2. The number of hydrogen-bond donors (Lipinski definition) is 2. The molecule has 2 amide bonds. The normalized spacial score (nSPS) is 12.6. The number of ether oxygens (including phenoxy) is 2. The van der Waals surface area contributed by atoms with Crippen molar-refractivity contribution in [1.82, 2.24) is 5.32 Å². The number of rotatable bonds is 9. The zero-order chi connectivity index (χ0) is 20.6. The van der Waals surface area contributed by atoms with Crippen molar-refractivity contribution in [3.8, 4) is 0 Å². The maximum atomic E-state index is 13.8. The lowest BCUT2D eigenvalue weighted by Gasteiger charge is -2.23. The van der Waals surface area contributed by atoms with Gasteiger partial charge in [0.25, 0.3) is 5.91 Å². The van der Waals surface area contributed by atoms with Crippen LogP contribution in [-0.4, -0.2) is 43.0 Å². The number of esters is 2. The van der Waals surface area contributed by atoms with Gasteiger partial charge in [-0.3, -0.25) is 19.2 Å². The molecule has 0 saturated carbocycles. The Kier molecular flexibility index (Phi) is 8.31. The Balaban J connectivity index is 3.11. The summed E-state index contributed by atoms with van der Waals surface area (Å²) in [4.78, 5) is 47.9. The van der Waals surface area contributed by atoms with Crippen LogP contribution in [0.15, 0.2) is 18.2 Å². The number of carbonyl (C=O) groups is 4. The first-order chi connectivity index (χ1) is 12.7. The van der Waals surface area contributed by atoms with Crippen LogP contribution in [0.4, 0.5) is 8.78 Å². The highest BCUT2D eigenvalue weighted by Gasteiger charge is 2.37. The first-order valence-corrected chi connectivity index (χ1v) is 8.08. The Bertz CT molecular complexity index is 725. The Hall–Kier alpha value is -3.04. The van der Waals surface area contributed by atoms with Gasteiger partial charge in [-0.15, -0.1) is 0 Å². The van der Waals surface area contributed by atoms with Gasteiger partial charge in [0, 0.05) is 6.07 Å². The van der Waals surface area contributed by atoms with E-state index in [4.69, 9.17) is 15.2 Å². The molecule has 10 heteroatoms. The van der Waals surface area contributed by atoms with Crippen molar-refractivity contribution in [2.45, 2.75) is 26.3 Å². The van der Waals surface area contributed by atoms with E-state index in [-0.39, 0.29) is 13.2 Å². The van der Waals surface area contributed by atoms with E-state index in [1.54, 1.807) is 6.92 Å². The molecule has 0 aliphatic heterocycles. The molecule has 0 aromatic heterocycles. The standard InChI is InChI=1S/C17H20F2N2O6/c1-3-26-13(22)8-11(17(25)27-4-2)14(15(20)23)21-16(24)10-6-5-9(18)7-12(10)19/h5-7,11,14H,3-4,8H2,1-2H3,(H2,20,23)(H,21,24)/t11-,14-/m1/s1. The fraction of sp³-hybridized carbons (Fsp3) is 0.412. The highest BCUT2D eigenvalue weighted by molar-refractivity contribution is 5.99. The molecule has 0 aliphatic carbocycles. The third kappa shape index (κ3) is 6.32. The highest BCUT2D eigenvalue weighted by atomic mass is 19.1. The van der Waals surface area contributed by atoms with Crippen molar-refractivity contribution in [1.29, 1.82) is 0 Å². The lowest BCUT2D eigenvalue weighted by molar-refractivity contribution is -0.156. The molecule has 3 N–H and O–H groups in total. The number of hydrogen-bond acceptors (Lipinski definition) is 6. The fourth-order valence-electron chi connectivity index (χ4n) is 2.25. The topological polar surface area (TPSA) is 125 Å². The SMILES string of the molecule is CCOC(=O)C[C@@H](C(=O)OCC)[C@@H](NC(=O)c1ccc(F)cc1F)C(N)=O. The Morgan fingerprint density at radius 1 is 1.11 bits per heavy atom. The van der Waals surface area contributed by atoms with E-state index in [2.05, 4.69) is 5.32 Å². The van der Waals surface area contributed by atoms with Gasteiger partial charge >= 0.3 is 11.9 Å². The average molecular weight is 386 g/mol. The summed E-state index contributed by atoms with van der Waals surface area (Å²) in [5.74, 6) is -7.59. The lowest BCUT2D eigenvalue weighted by Crippen LogP contribution is -2.52. The predicted octanol–water partition coefficient (Wildman–Crippen LogP) is 0.681.